The first kappa shape index (κ1) is 50.4. The number of hydrogen-bond acceptors (Lipinski definition) is 9. The van der Waals surface area contributed by atoms with Gasteiger partial charge in [0.2, 0.25) is 11.8 Å². The number of benzene rings is 3. The molecule has 3 aromatic rings. The summed E-state index contributed by atoms with van der Waals surface area (Å²) in [5, 5.41) is 2.66. The van der Waals surface area contributed by atoms with Crippen LogP contribution in [0.1, 0.15) is 68.6 Å². The van der Waals surface area contributed by atoms with Gasteiger partial charge in [-0.25, -0.2) is 0 Å². The molecule has 3 rings (SSSR count). The summed E-state index contributed by atoms with van der Waals surface area (Å²) in [4.78, 5) is 96.1. The third-order valence-electron chi connectivity index (χ3n) is 6.16. The zero-order valence-electron chi connectivity index (χ0n) is 24.8. The van der Waals surface area contributed by atoms with Crippen LogP contribution in [-0.2, 0) is 9.59 Å². The molecule has 53 heavy (non-hydrogen) atoms. The molecular weight excluding hydrogens is 1780 g/mol. The largest absolute Gasteiger partial charge is 0.397 e. The molecular formula is C27H12Cl3I9N6O8. The van der Waals surface area contributed by atoms with Crippen LogP contribution >= 0.6 is 238 Å². The minimum Gasteiger partial charge on any atom is -0.397 e. The fraction of sp³-hybridized carbons (Fsp3) is 0.0370. The van der Waals surface area contributed by atoms with Gasteiger partial charge in [-0.2, -0.15) is 0 Å². The van der Waals surface area contributed by atoms with Crippen LogP contribution in [0.3, 0.4) is 0 Å². The molecule has 26 heteroatoms. The van der Waals surface area contributed by atoms with Gasteiger partial charge in [0.05, 0.1) is 71.9 Å². The highest BCUT2D eigenvalue weighted by Gasteiger charge is 2.30. The van der Waals surface area contributed by atoms with Crippen molar-refractivity contribution in [3.8, 4) is 0 Å². The summed E-state index contributed by atoms with van der Waals surface area (Å²) < 4.78 is 3.00. The Bertz CT molecular complexity index is 1980. The number of rotatable bonds is 10. The Labute approximate surface area is 436 Å². The van der Waals surface area contributed by atoms with Gasteiger partial charge in [-0.15, -0.1) is 0 Å². The fourth-order valence-electron chi connectivity index (χ4n) is 3.91. The van der Waals surface area contributed by atoms with E-state index >= 15 is 0 Å². The molecule has 14 nitrogen and oxygen atoms in total. The molecule has 0 bridgehead atoms. The zero-order chi connectivity index (χ0) is 41.1. The van der Waals surface area contributed by atoms with Crippen LogP contribution in [0.4, 0.5) is 17.1 Å². The third kappa shape index (κ3) is 11.7. The maximum Gasteiger partial charge on any atom is 0.254 e. The van der Waals surface area contributed by atoms with E-state index in [-0.39, 0.29) is 66.2 Å². The minimum atomic E-state index is -0.862. The van der Waals surface area contributed by atoms with Gasteiger partial charge in [0.1, 0.15) is 6.42 Å². The fourth-order valence-corrected chi connectivity index (χ4v) is 18.5. The van der Waals surface area contributed by atoms with Crippen LogP contribution in [-0.4, -0.2) is 45.3 Å². The van der Waals surface area contributed by atoms with E-state index in [4.69, 9.17) is 57.7 Å². The Morgan fingerprint density at radius 3 is 0.906 bits per heavy atom. The predicted octanol–water partition coefficient (Wildman–Crippen LogP) is 7.80. The van der Waals surface area contributed by atoms with E-state index in [0.29, 0.717) is 16.4 Å². The molecule has 5 amide bonds. The number of hydrogen-bond donors (Lipinski definition) is 6. The van der Waals surface area contributed by atoms with Crippen molar-refractivity contribution in [2.45, 2.75) is 6.42 Å². The highest BCUT2D eigenvalue weighted by Crippen LogP contribution is 2.38. The molecule has 0 aliphatic carbocycles. The second kappa shape index (κ2) is 21.5. The van der Waals surface area contributed by atoms with Gasteiger partial charge < -0.3 is 33.6 Å². The van der Waals surface area contributed by atoms with E-state index in [2.05, 4.69) is 10.6 Å². The molecule has 0 saturated carbocycles. The molecule has 0 aliphatic rings. The van der Waals surface area contributed by atoms with Gasteiger partial charge in [0, 0.05) is 10.7 Å². The Kier molecular flexibility index (Phi) is 20.4. The molecule has 0 unspecified atom stereocenters. The number of carbonyl (C=O) groups is 8. The van der Waals surface area contributed by atoms with Crippen molar-refractivity contribution in [1.82, 2.24) is 0 Å². The number of anilines is 3. The Morgan fingerprint density at radius 2 is 0.642 bits per heavy atom. The Morgan fingerprint density at radius 1 is 0.415 bits per heavy atom. The molecule has 282 valence electrons. The second-order valence-corrected chi connectivity index (χ2v) is 20.2. The van der Waals surface area contributed by atoms with Gasteiger partial charge in [0.25, 0.3) is 33.4 Å². The van der Waals surface area contributed by atoms with Crippen molar-refractivity contribution in [2.75, 3.05) is 16.4 Å². The summed E-state index contributed by atoms with van der Waals surface area (Å²) in [6, 6.07) is 0. The lowest BCUT2D eigenvalue weighted by Gasteiger charge is -2.18. The Hall–Kier alpha value is 1.26. The smallest absolute Gasteiger partial charge is 0.254 e. The molecule has 0 aliphatic heterocycles. The van der Waals surface area contributed by atoms with E-state index in [0.717, 1.165) is 0 Å². The van der Waals surface area contributed by atoms with Crippen LogP contribution < -0.4 is 33.6 Å². The average Bonchev–Trinajstić information content (AvgIpc) is 2.99. The van der Waals surface area contributed by atoms with E-state index in [1.165, 1.54) is 0 Å². The number of halogens is 12. The molecule has 0 atom stereocenters. The first-order valence-electron chi connectivity index (χ1n) is 12.8. The van der Waals surface area contributed by atoms with Crippen LogP contribution in [0.5, 0.6) is 0 Å². The van der Waals surface area contributed by atoms with Gasteiger partial charge >= 0.3 is 0 Å². The van der Waals surface area contributed by atoms with Crippen molar-refractivity contribution in [3.63, 3.8) is 0 Å². The predicted molar refractivity (Wildman–Crippen MR) is 276 cm³/mol. The molecule has 0 saturated heterocycles. The van der Waals surface area contributed by atoms with E-state index in [1.807, 2.05) is 67.8 Å². The maximum absolute atomic E-state index is 12.8. The lowest BCUT2D eigenvalue weighted by atomic mass is 10.1. The monoisotopic (exact) mass is 1800 g/mol. The van der Waals surface area contributed by atoms with Crippen molar-refractivity contribution < 1.29 is 38.4 Å². The standard InChI is InChI=1S/C19H8Cl2I6N4O6.C8H4ClI3N2O2/c20-16(34)4-8(22)6(18(28)36)12(26)14(10(4)24)30-2(32)1-3(33)31-15-11(25)5(17(21)35)9(23)7(13(15)27)19(29)37;9-7(15)1-3(10)2(8(14)16)5(12)6(13)4(1)11/h1H2,(H2,28,36)(H2,29,37)(H,30,32)(H,31,33);13H2,(H2,14,16). The van der Waals surface area contributed by atoms with Crippen molar-refractivity contribution in [2.24, 2.45) is 17.2 Å². The number of nitrogens with two attached hydrogens (primary N) is 4. The van der Waals surface area contributed by atoms with Gasteiger partial charge in [-0.1, -0.05) is 0 Å². The van der Waals surface area contributed by atoms with E-state index in [9.17, 15) is 38.4 Å². The summed E-state index contributed by atoms with van der Waals surface area (Å²) in [5.74, 6) is -3.89. The lowest BCUT2D eigenvalue weighted by Crippen LogP contribution is -2.26. The topological polar surface area (TPSA) is 265 Å². The van der Waals surface area contributed by atoms with Crippen molar-refractivity contribution in [1.29, 1.82) is 0 Å². The molecule has 0 spiro atoms. The van der Waals surface area contributed by atoms with Crippen LogP contribution in [0.15, 0.2) is 0 Å². The highest BCUT2D eigenvalue weighted by atomic mass is 127. The summed E-state index contributed by atoms with van der Waals surface area (Å²) in [6.07, 6.45) is -0.706. The molecule has 3 aromatic carbocycles. The van der Waals surface area contributed by atoms with Crippen LogP contribution in [0.25, 0.3) is 0 Å². The summed E-state index contributed by atoms with van der Waals surface area (Å²) >= 11 is 33.2. The average molecular weight is 1800 g/mol. The lowest BCUT2D eigenvalue weighted by molar-refractivity contribution is -0.123. The SMILES string of the molecule is NC(=O)c1c(I)c(N)c(I)c(C(=O)Cl)c1I.NC(=O)c1c(I)c(NC(=O)CC(=O)Nc2c(I)c(C(N)=O)c(I)c(C(=O)Cl)c2I)c(I)c(C(=O)Cl)c1I. The summed E-state index contributed by atoms with van der Waals surface area (Å²) in [6.45, 7) is 0. The third-order valence-corrected chi connectivity index (χ3v) is 16.5. The number of carbonyl (C=O) groups excluding carboxylic acids is 8. The quantitative estimate of drug-likeness (QED) is 0.0500. The molecule has 0 aromatic heterocycles. The van der Waals surface area contributed by atoms with Crippen LogP contribution in [0.2, 0.25) is 0 Å². The minimum absolute atomic E-state index is 0.00869. The molecule has 0 fully saturated rings. The first-order valence-corrected chi connectivity index (χ1v) is 23.6. The number of primary amides is 3. The molecule has 10 N–H and O–H groups in total. The number of nitrogen functional groups attached to an aromatic ring is 1. The molecule has 0 radical (unpaired) electrons. The molecule has 0 heterocycles. The van der Waals surface area contributed by atoms with Crippen molar-refractivity contribution >= 4 is 300 Å². The zero-order valence-corrected chi connectivity index (χ0v) is 46.5. The van der Waals surface area contributed by atoms with E-state index < -0.39 is 51.7 Å². The first-order chi connectivity index (χ1) is 24.3. The maximum atomic E-state index is 12.8. The van der Waals surface area contributed by atoms with Gasteiger partial charge in [0.15, 0.2) is 0 Å². The number of nitrogens with one attached hydrogen (secondary N) is 2. The van der Waals surface area contributed by atoms with Crippen LogP contribution in [0, 0.1) is 32.1 Å². The Balaban J connectivity index is 0.000000505. The highest BCUT2D eigenvalue weighted by molar-refractivity contribution is 14.1. The van der Waals surface area contributed by atoms with Gasteiger partial charge in [-0.3, -0.25) is 38.4 Å². The van der Waals surface area contributed by atoms with Crippen molar-refractivity contribution in [3.05, 3.63) is 65.5 Å². The number of amides is 5. The second-order valence-electron chi connectivity index (χ2n) is 9.43. The van der Waals surface area contributed by atoms with E-state index in [1.54, 1.807) is 136 Å². The normalized spacial score (nSPS) is 10.5. The summed E-state index contributed by atoms with van der Waals surface area (Å²) in [5.41, 5.74) is 22.9. The van der Waals surface area contributed by atoms with Gasteiger partial charge in [-0.05, 0) is 238 Å². The summed E-state index contributed by atoms with van der Waals surface area (Å²) in [7, 11) is 0.